The molecule has 6 aromatic heterocycles. The van der Waals surface area contributed by atoms with Crippen molar-refractivity contribution < 1.29 is 4.79 Å². The number of halogens is 1. The molecule has 8 aliphatic carbocycles. The van der Waals surface area contributed by atoms with Crippen molar-refractivity contribution in [3.8, 4) is 0 Å². The van der Waals surface area contributed by atoms with E-state index in [4.69, 9.17) is 21.6 Å². The first-order valence-corrected chi connectivity index (χ1v) is 45.2. The molecule has 0 amide bonds. The number of carbonyl (C=O) groups excluding carboxylic acids is 1. The predicted molar refractivity (Wildman–Crippen MR) is 496 cm³/mol. The molecule has 0 spiro atoms. The number of aliphatic imine (C=N–C) groups is 2. The van der Waals surface area contributed by atoms with Crippen molar-refractivity contribution in [1.82, 2.24) is 29.9 Å². The summed E-state index contributed by atoms with van der Waals surface area (Å²) in [6.07, 6.45) is 36.5. The fourth-order valence-corrected chi connectivity index (χ4v) is 21.7. The molecule has 8 heterocycles. The van der Waals surface area contributed by atoms with Crippen molar-refractivity contribution in [2.45, 2.75) is 279 Å². The molecule has 10 aliphatic rings. The molecular formula is C107H123ClN8O. The van der Waals surface area contributed by atoms with E-state index in [1.54, 1.807) is 27.8 Å². The van der Waals surface area contributed by atoms with Gasteiger partial charge in [-0.3, -0.25) is 14.8 Å². The molecule has 604 valence electrons. The molecule has 0 radical (unpaired) electrons. The Kier molecular flexibility index (Phi) is 22.9. The first-order valence-electron chi connectivity index (χ1n) is 44.8. The number of ketones is 1. The lowest BCUT2D eigenvalue weighted by Gasteiger charge is -2.31. The van der Waals surface area contributed by atoms with Crippen LogP contribution < -0.4 is 0 Å². The van der Waals surface area contributed by atoms with Crippen molar-refractivity contribution in [3.63, 3.8) is 0 Å². The number of aromatic amines is 6. The quantitative estimate of drug-likeness (QED) is 0.0886. The zero-order chi connectivity index (χ0) is 80.9. The number of hydrogen-bond donors (Lipinski definition) is 6. The standard InChI is InChI=1S/C15H17NO.2C14H17N.C13H14ClN.3C13H15N.C12H13N/c1-9-4-5-11-10(6-9)14-12(16-11)7-15(2,3)8-13(14)17;1-9-6-7-13-12(8-9)11-5-3-4-10(2)14(11)15-13;1-10-6-7-11-12(9-10)15-13-5-3-4-8-14(11,13)2;1-13-8-3-2-7-11(13)15-12-9(13)5-4-6-10(12)14;3*1-9-6-7-13-11(8-9)10-4-2-3-5-12(10)14-13;1-3-7-11-9(5-1)10-6-2-4-8-12(10)13-11/h4-6,16H,7-8H2,1-3H3;6-8,10,15H,3-5H2,1-2H3;6-7,9H,3-5,8H2,1-2H3;4-6H,2-3,7-8H2,1H3;3*6-8,14H,2-5H2,1H3;1,3,5,7,13H,2,4,6,8H2. The van der Waals surface area contributed by atoms with E-state index in [0.29, 0.717) is 12.3 Å². The van der Waals surface area contributed by atoms with E-state index >= 15 is 0 Å². The van der Waals surface area contributed by atoms with Crippen molar-refractivity contribution in [1.29, 1.82) is 0 Å². The number of aryl methyl sites for hydroxylation is 15. The highest BCUT2D eigenvalue weighted by atomic mass is 35.5. The first kappa shape index (κ1) is 79.8. The lowest BCUT2D eigenvalue weighted by molar-refractivity contribution is 0.0913. The number of rotatable bonds is 0. The van der Waals surface area contributed by atoms with Crippen LogP contribution in [-0.4, -0.2) is 47.1 Å². The smallest absolute Gasteiger partial charge is 0.165 e. The van der Waals surface area contributed by atoms with Crippen LogP contribution in [0.4, 0.5) is 11.4 Å². The summed E-state index contributed by atoms with van der Waals surface area (Å²) in [5, 5.41) is 9.17. The highest BCUT2D eigenvalue weighted by Crippen LogP contribution is 2.51. The van der Waals surface area contributed by atoms with Crippen molar-refractivity contribution in [3.05, 3.63) is 269 Å². The molecule has 0 bridgehead atoms. The molecule has 10 heteroatoms. The molecule has 3 atom stereocenters. The number of Topliss-reactive ketones (excluding diaryl/α,β-unsaturated/α-hetero) is 1. The Hall–Kier alpha value is -9.70. The van der Waals surface area contributed by atoms with Gasteiger partial charge in [0.15, 0.2) is 5.78 Å². The van der Waals surface area contributed by atoms with Gasteiger partial charge in [-0.2, -0.15) is 0 Å². The maximum absolute atomic E-state index is 12.3. The molecule has 8 aromatic carbocycles. The van der Waals surface area contributed by atoms with E-state index in [1.807, 2.05) is 12.1 Å². The van der Waals surface area contributed by atoms with Gasteiger partial charge in [-0.25, -0.2) is 0 Å². The number of fused-ring (bicyclic) bond motifs is 24. The van der Waals surface area contributed by atoms with Gasteiger partial charge in [0.05, 0.1) is 16.4 Å². The van der Waals surface area contributed by atoms with E-state index in [2.05, 4.69) is 246 Å². The third kappa shape index (κ3) is 16.4. The molecule has 9 nitrogen and oxygen atoms in total. The molecule has 2 aliphatic heterocycles. The van der Waals surface area contributed by atoms with E-state index in [9.17, 15) is 4.79 Å². The van der Waals surface area contributed by atoms with E-state index in [1.165, 1.54) is 312 Å². The lowest BCUT2D eigenvalue weighted by atomic mass is 9.71. The molecular weight excluding hydrogens is 1450 g/mol. The number of hydrogen-bond acceptors (Lipinski definition) is 3. The van der Waals surface area contributed by atoms with Crippen molar-refractivity contribution in [2.75, 3.05) is 0 Å². The summed E-state index contributed by atoms with van der Waals surface area (Å²) < 4.78 is 0. The predicted octanol–water partition coefficient (Wildman–Crippen LogP) is 28.8. The van der Waals surface area contributed by atoms with E-state index in [0.717, 1.165) is 45.7 Å². The van der Waals surface area contributed by atoms with Gasteiger partial charge in [0.25, 0.3) is 0 Å². The van der Waals surface area contributed by atoms with Crippen LogP contribution >= 0.6 is 11.6 Å². The van der Waals surface area contributed by atoms with Gasteiger partial charge >= 0.3 is 0 Å². The van der Waals surface area contributed by atoms with Gasteiger partial charge in [0.2, 0.25) is 0 Å². The number of carbonyl (C=O) groups is 1. The third-order valence-corrected chi connectivity index (χ3v) is 28.1. The second kappa shape index (κ2) is 33.6. The zero-order valence-electron chi connectivity index (χ0n) is 71.7. The largest absolute Gasteiger partial charge is 0.358 e. The Bertz CT molecular complexity index is 5900. The summed E-state index contributed by atoms with van der Waals surface area (Å²) in [7, 11) is 0. The fourth-order valence-electron chi connectivity index (χ4n) is 21.5. The number of nitrogens with one attached hydrogen (secondary N) is 6. The third-order valence-electron chi connectivity index (χ3n) is 27.8. The van der Waals surface area contributed by atoms with Crippen LogP contribution in [0.1, 0.15) is 279 Å². The Morgan fingerprint density at radius 2 is 0.744 bits per heavy atom. The maximum atomic E-state index is 12.3. The van der Waals surface area contributed by atoms with Gasteiger partial charge in [0.1, 0.15) is 0 Å². The summed E-state index contributed by atoms with van der Waals surface area (Å²) in [5.74, 6) is 0.995. The first-order chi connectivity index (χ1) is 56.6. The summed E-state index contributed by atoms with van der Waals surface area (Å²) in [6.45, 7) is 24.2. The molecule has 24 rings (SSSR count). The van der Waals surface area contributed by atoms with Gasteiger partial charge in [-0.15, -0.1) is 0 Å². The van der Waals surface area contributed by atoms with Crippen LogP contribution in [0, 0.1) is 47.0 Å². The molecule has 0 saturated heterocycles. The number of nitrogens with zero attached hydrogens (tertiary/aromatic N) is 2. The normalized spacial score (nSPS) is 20.0. The molecule has 2 fully saturated rings. The van der Waals surface area contributed by atoms with Crippen molar-refractivity contribution >= 4 is 106 Å². The zero-order valence-corrected chi connectivity index (χ0v) is 72.5. The number of benzene rings is 8. The SMILES string of the molecule is CC12CCCCC1=Nc1c(Cl)cccc12.Cc1ccc2[nH]c3c(c2c1)C(=O)CC(C)(C)C3.Cc1ccc2[nH]c3c(c2c1)CCCC3.Cc1ccc2[nH]c3c(c2c1)CCCC3.Cc1ccc2[nH]c3c(c2c1)CCCC3.Cc1ccc2[nH]c3c(c2c1)CCCC3C.Cc1ccc2c(c1)N=C1CCCCC12C.c1ccc2c3c([nH]c2c1)CCCC3. The Morgan fingerprint density at radius 3 is 1.26 bits per heavy atom. The molecule has 117 heavy (non-hydrogen) atoms. The maximum Gasteiger partial charge on any atom is 0.165 e. The van der Waals surface area contributed by atoms with Crippen LogP contribution in [0.2, 0.25) is 5.02 Å². The summed E-state index contributed by atoms with van der Waals surface area (Å²) >= 11 is 6.19. The summed E-state index contributed by atoms with van der Waals surface area (Å²) in [5.41, 5.74) is 41.4. The number of para-hydroxylation sites is 2. The van der Waals surface area contributed by atoms with Crippen LogP contribution in [0.15, 0.2) is 162 Å². The highest BCUT2D eigenvalue weighted by Gasteiger charge is 2.42. The van der Waals surface area contributed by atoms with Crippen LogP contribution in [0.3, 0.4) is 0 Å². The Morgan fingerprint density at radius 1 is 0.350 bits per heavy atom. The molecule has 6 N–H and O–H groups in total. The van der Waals surface area contributed by atoms with Gasteiger partial charge in [0, 0.05) is 134 Å². The molecule has 2 saturated carbocycles. The van der Waals surface area contributed by atoms with E-state index < -0.39 is 0 Å². The number of aromatic nitrogens is 6. The Labute approximate surface area is 699 Å². The van der Waals surface area contributed by atoms with Crippen LogP contribution in [0.5, 0.6) is 0 Å². The molecule has 3 unspecified atom stereocenters. The minimum absolute atomic E-state index is 0.0833. The van der Waals surface area contributed by atoms with Crippen LogP contribution in [-0.2, 0) is 75.0 Å². The van der Waals surface area contributed by atoms with Crippen LogP contribution in [0.25, 0.3) is 65.4 Å². The second-order valence-corrected chi connectivity index (χ2v) is 37.9. The van der Waals surface area contributed by atoms with E-state index in [-0.39, 0.29) is 22.0 Å². The average Bonchev–Trinajstić information content (AvgIpc) is 1.59. The topological polar surface area (TPSA) is 137 Å². The van der Waals surface area contributed by atoms with Gasteiger partial charge in [-0.05, 0) is 343 Å². The minimum atomic E-state index is 0.0833. The molecule has 14 aromatic rings. The summed E-state index contributed by atoms with van der Waals surface area (Å²) in [4.78, 5) is 43.0. The summed E-state index contributed by atoms with van der Waals surface area (Å²) in [6, 6.07) is 54.7. The average molecular weight is 1570 g/mol. The second-order valence-electron chi connectivity index (χ2n) is 37.5. The monoisotopic (exact) mass is 1570 g/mol. The van der Waals surface area contributed by atoms with Gasteiger partial charge < -0.3 is 29.9 Å². The highest BCUT2D eigenvalue weighted by molar-refractivity contribution is 6.34. The Balaban J connectivity index is 0.0000000961. The number of H-pyrrole nitrogens is 6. The lowest BCUT2D eigenvalue weighted by Crippen LogP contribution is -2.32. The fraction of sp³-hybridized carbons (Fsp3) is 0.411. The van der Waals surface area contributed by atoms with Gasteiger partial charge in [-0.1, -0.05) is 160 Å². The van der Waals surface area contributed by atoms with Crippen molar-refractivity contribution in [2.24, 2.45) is 15.4 Å². The minimum Gasteiger partial charge on any atom is -0.358 e.